The van der Waals surface area contributed by atoms with Crippen LogP contribution in [0.2, 0.25) is 0 Å². The Kier molecular flexibility index (Phi) is 3.66. The molecule has 1 aliphatic heterocycles. The van der Waals surface area contributed by atoms with Crippen LogP contribution in [0.5, 0.6) is 0 Å². The zero-order valence-electron chi connectivity index (χ0n) is 12.5. The highest BCUT2D eigenvalue weighted by molar-refractivity contribution is 5.86. The predicted octanol–water partition coefficient (Wildman–Crippen LogP) is 4.18. The number of benzene rings is 2. The molecule has 2 heteroatoms. The number of hydrogen-bond donors (Lipinski definition) is 1. The first-order valence-corrected chi connectivity index (χ1v) is 7.72. The van der Waals surface area contributed by atoms with E-state index in [1.807, 2.05) is 0 Å². The van der Waals surface area contributed by atoms with E-state index in [4.69, 9.17) is 5.73 Å². The molecule has 0 spiro atoms. The minimum atomic E-state index is 0.672. The highest BCUT2D eigenvalue weighted by Crippen LogP contribution is 2.30. The summed E-state index contributed by atoms with van der Waals surface area (Å²) in [5.41, 5.74) is 8.47. The Morgan fingerprint density at radius 1 is 1.15 bits per heavy atom. The van der Waals surface area contributed by atoms with Crippen LogP contribution in [0.4, 0.5) is 5.69 Å². The van der Waals surface area contributed by atoms with E-state index >= 15 is 0 Å². The second kappa shape index (κ2) is 5.45. The summed E-state index contributed by atoms with van der Waals surface area (Å²) in [4.78, 5) is 2.63. The van der Waals surface area contributed by atoms with Crippen molar-refractivity contribution in [3.05, 3.63) is 42.0 Å². The first-order valence-electron chi connectivity index (χ1n) is 7.72. The predicted molar refractivity (Wildman–Crippen MR) is 86.7 cm³/mol. The van der Waals surface area contributed by atoms with E-state index in [9.17, 15) is 0 Å². The van der Waals surface area contributed by atoms with Crippen LogP contribution in [-0.2, 0) is 6.54 Å². The molecule has 0 amide bonds. The maximum absolute atomic E-state index is 6.27. The van der Waals surface area contributed by atoms with Crippen LogP contribution in [0.15, 0.2) is 36.4 Å². The molecular formula is C18H24N2. The molecular weight excluding hydrogens is 244 g/mol. The Balaban J connectivity index is 1.92. The van der Waals surface area contributed by atoms with Gasteiger partial charge in [0.15, 0.2) is 0 Å². The number of likely N-dealkylation sites (tertiary alicyclic amines) is 1. The summed E-state index contributed by atoms with van der Waals surface area (Å²) in [6, 6.07) is 14.2. The number of nitrogen functional groups attached to an aromatic ring is 1. The fraction of sp³-hybridized carbons (Fsp3) is 0.444. The standard InChI is InChI=1S/C18H24N2/c1-3-17-9-8-13(2)20(17)12-16-10-14-6-4-5-7-15(14)11-18(16)19/h4-7,10-11,13,17H,3,8-9,12,19H2,1-2H3. The smallest absolute Gasteiger partial charge is 0.0366 e. The number of anilines is 1. The largest absolute Gasteiger partial charge is 0.398 e. The lowest BCUT2D eigenvalue weighted by atomic mass is 10.0. The molecule has 1 fully saturated rings. The van der Waals surface area contributed by atoms with Crippen molar-refractivity contribution in [3.63, 3.8) is 0 Å². The molecule has 2 aromatic carbocycles. The van der Waals surface area contributed by atoms with Gasteiger partial charge >= 0.3 is 0 Å². The molecule has 1 heterocycles. The summed E-state index contributed by atoms with van der Waals surface area (Å²) in [6.45, 7) is 5.61. The number of nitrogens with two attached hydrogens (primary N) is 1. The summed E-state index contributed by atoms with van der Waals surface area (Å²) in [5, 5.41) is 2.52. The van der Waals surface area contributed by atoms with E-state index in [1.54, 1.807) is 0 Å². The summed E-state index contributed by atoms with van der Waals surface area (Å²) in [5.74, 6) is 0. The van der Waals surface area contributed by atoms with Crippen molar-refractivity contribution >= 4 is 16.5 Å². The van der Waals surface area contributed by atoms with E-state index in [2.05, 4.69) is 55.1 Å². The average molecular weight is 268 g/mol. The lowest BCUT2D eigenvalue weighted by Crippen LogP contribution is -2.33. The van der Waals surface area contributed by atoms with E-state index in [1.165, 1.54) is 35.6 Å². The highest BCUT2D eigenvalue weighted by Gasteiger charge is 2.29. The van der Waals surface area contributed by atoms with Crippen LogP contribution in [0.25, 0.3) is 10.8 Å². The second-order valence-corrected chi connectivity index (χ2v) is 6.06. The van der Waals surface area contributed by atoms with Gasteiger partial charge < -0.3 is 5.73 Å². The maximum Gasteiger partial charge on any atom is 0.0366 e. The maximum atomic E-state index is 6.27. The van der Waals surface area contributed by atoms with Crippen LogP contribution in [0.3, 0.4) is 0 Å². The van der Waals surface area contributed by atoms with Gasteiger partial charge in [-0.25, -0.2) is 0 Å². The first-order chi connectivity index (χ1) is 9.69. The zero-order valence-corrected chi connectivity index (χ0v) is 12.5. The quantitative estimate of drug-likeness (QED) is 0.846. The number of fused-ring (bicyclic) bond motifs is 1. The van der Waals surface area contributed by atoms with E-state index < -0.39 is 0 Å². The number of nitrogens with zero attached hydrogens (tertiary/aromatic N) is 1. The molecule has 0 aromatic heterocycles. The molecule has 106 valence electrons. The Bertz CT molecular complexity index is 605. The third kappa shape index (κ3) is 2.40. The van der Waals surface area contributed by atoms with Gasteiger partial charge in [-0.2, -0.15) is 0 Å². The average Bonchev–Trinajstić information content (AvgIpc) is 2.80. The number of hydrogen-bond acceptors (Lipinski definition) is 2. The lowest BCUT2D eigenvalue weighted by molar-refractivity contribution is 0.190. The van der Waals surface area contributed by atoms with Crippen molar-refractivity contribution in [2.45, 2.75) is 51.7 Å². The molecule has 0 saturated carbocycles. The SMILES string of the molecule is CCC1CCC(C)N1Cc1cc2ccccc2cc1N. The topological polar surface area (TPSA) is 29.3 Å². The normalized spacial score (nSPS) is 23.5. The summed E-state index contributed by atoms with van der Waals surface area (Å²) in [7, 11) is 0. The fourth-order valence-electron chi connectivity index (χ4n) is 3.49. The van der Waals surface area contributed by atoms with Gasteiger partial charge in [-0.15, -0.1) is 0 Å². The Morgan fingerprint density at radius 2 is 1.85 bits per heavy atom. The molecule has 2 nitrogen and oxygen atoms in total. The lowest BCUT2D eigenvalue weighted by Gasteiger charge is -2.28. The van der Waals surface area contributed by atoms with Gasteiger partial charge in [0.25, 0.3) is 0 Å². The van der Waals surface area contributed by atoms with Crippen LogP contribution >= 0.6 is 0 Å². The van der Waals surface area contributed by atoms with Gasteiger partial charge in [-0.1, -0.05) is 31.2 Å². The molecule has 1 aliphatic rings. The zero-order chi connectivity index (χ0) is 14.1. The van der Waals surface area contributed by atoms with Crippen molar-refractivity contribution in [3.8, 4) is 0 Å². The molecule has 2 unspecified atom stereocenters. The molecule has 0 aliphatic carbocycles. The Hall–Kier alpha value is -1.54. The van der Waals surface area contributed by atoms with Crippen molar-refractivity contribution in [1.29, 1.82) is 0 Å². The van der Waals surface area contributed by atoms with E-state index in [0.717, 1.165) is 18.3 Å². The molecule has 20 heavy (non-hydrogen) atoms. The minimum absolute atomic E-state index is 0.672. The van der Waals surface area contributed by atoms with Gasteiger partial charge in [-0.05, 0) is 54.7 Å². The van der Waals surface area contributed by atoms with Gasteiger partial charge in [0.2, 0.25) is 0 Å². The molecule has 1 saturated heterocycles. The van der Waals surface area contributed by atoms with Gasteiger partial charge in [-0.3, -0.25) is 4.90 Å². The van der Waals surface area contributed by atoms with Crippen LogP contribution < -0.4 is 5.73 Å². The minimum Gasteiger partial charge on any atom is -0.398 e. The van der Waals surface area contributed by atoms with Gasteiger partial charge in [0.05, 0.1) is 0 Å². The van der Waals surface area contributed by atoms with Crippen molar-refractivity contribution in [1.82, 2.24) is 4.90 Å². The summed E-state index contributed by atoms with van der Waals surface area (Å²) < 4.78 is 0. The van der Waals surface area contributed by atoms with Crippen LogP contribution in [0.1, 0.15) is 38.7 Å². The van der Waals surface area contributed by atoms with Crippen LogP contribution in [-0.4, -0.2) is 17.0 Å². The number of rotatable bonds is 3. The molecule has 3 rings (SSSR count). The third-order valence-electron chi connectivity index (χ3n) is 4.78. The molecule has 0 radical (unpaired) electrons. The summed E-state index contributed by atoms with van der Waals surface area (Å²) >= 11 is 0. The van der Waals surface area contributed by atoms with E-state index in [-0.39, 0.29) is 0 Å². The van der Waals surface area contributed by atoms with Crippen LogP contribution in [0, 0.1) is 0 Å². The van der Waals surface area contributed by atoms with Crippen molar-refractivity contribution < 1.29 is 0 Å². The monoisotopic (exact) mass is 268 g/mol. The first kappa shape index (κ1) is 13.4. The second-order valence-electron chi connectivity index (χ2n) is 6.06. The van der Waals surface area contributed by atoms with E-state index in [0.29, 0.717) is 6.04 Å². The summed E-state index contributed by atoms with van der Waals surface area (Å²) in [6.07, 6.45) is 3.87. The molecule has 2 N–H and O–H groups in total. The van der Waals surface area contributed by atoms with Crippen molar-refractivity contribution in [2.75, 3.05) is 5.73 Å². The third-order valence-corrected chi connectivity index (χ3v) is 4.78. The molecule has 0 bridgehead atoms. The molecule has 2 aromatic rings. The fourth-order valence-corrected chi connectivity index (χ4v) is 3.49. The molecule has 2 atom stereocenters. The van der Waals surface area contributed by atoms with Crippen molar-refractivity contribution in [2.24, 2.45) is 0 Å². The van der Waals surface area contributed by atoms with Gasteiger partial charge in [0, 0.05) is 24.3 Å². The highest BCUT2D eigenvalue weighted by atomic mass is 15.2. The van der Waals surface area contributed by atoms with Gasteiger partial charge in [0.1, 0.15) is 0 Å². The Morgan fingerprint density at radius 3 is 2.55 bits per heavy atom. The Labute approximate surface area is 121 Å².